The van der Waals surface area contributed by atoms with Gasteiger partial charge in [0.15, 0.2) is 0 Å². The summed E-state index contributed by atoms with van der Waals surface area (Å²) in [5, 5.41) is 11.0. The molecule has 0 fully saturated rings. The summed E-state index contributed by atoms with van der Waals surface area (Å²) >= 11 is 0. The fourth-order valence-electron chi connectivity index (χ4n) is 3.23. The van der Waals surface area contributed by atoms with Crippen LogP contribution >= 0.6 is 0 Å². The van der Waals surface area contributed by atoms with Gasteiger partial charge in [0, 0.05) is 23.0 Å². The maximum Gasteiger partial charge on any atom is 0.329 e. The van der Waals surface area contributed by atoms with Crippen LogP contribution < -0.4 is 15.5 Å². The molecule has 0 spiro atoms. The van der Waals surface area contributed by atoms with Crippen LogP contribution in [0.5, 0.6) is 5.75 Å². The fourth-order valence-corrected chi connectivity index (χ4v) is 3.23. The van der Waals surface area contributed by atoms with Crippen molar-refractivity contribution in [1.29, 1.82) is 0 Å². The summed E-state index contributed by atoms with van der Waals surface area (Å²) in [6, 6.07) is 22.0. The lowest BCUT2D eigenvalue weighted by molar-refractivity contribution is -0.136. The van der Waals surface area contributed by atoms with Crippen LogP contribution in [0.4, 0.5) is 10.1 Å². The molecule has 1 aromatic heterocycles. The molecule has 0 saturated heterocycles. The van der Waals surface area contributed by atoms with E-state index in [1.54, 1.807) is 47.3 Å². The van der Waals surface area contributed by atoms with Crippen molar-refractivity contribution in [3.63, 3.8) is 0 Å². The van der Waals surface area contributed by atoms with E-state index >= 15 is 0 Å². The van der Waals surface area contributed by atoms with Gasteiger partial charge >= 0.3 is 11.8 Å². The van der Waals surface area contributed by atoms with Gasteiger partial charge < -0.3 is 10.1 Å². The number of halogens is 1. The lowest BCUT2D eigenvalue weighted by Gasteiger charge is -2.06. The summed E-state index contributed by atoms with van der Waals surface area (Å²) in [6.07, 6.45) is 3.11. The molecule has 0 bridgehead atoms. The maximum atomic E-state index is 13.4. The first-order valence-electron chi connectivity index (χ1n) is 10.8. The normalized spacial score (nSPS) is 10.8. The Bertz CT molecular complexity index is 1330. The van der Waals surface area contributed by atoms with E-state index in [0.717, 1.165) is 5.69 Å². The van der Waals surface area contributed by atoms with Gasteiger partial charge in [-0.3, -0.25) is 9.59 Å². The Morgan fingerprint density at radius 3 is 2.40 bits per heavy atom. The Kier molecular flexibility index (Phi) is 7.27. The third-order valence-electron chi connectivity index (χ3n) is 4.88. The molecule has 0 aliphatic carbocycles. The Morgan fingerprint density at radius 1 is 1.00 bits per heavy atom. The second kappa shape index (κ2) is 10.9. The molecule has 2 N–H and O–H groups in total. The molecule has 9 heteroatoms. The van der Waals surface area contributed by atoms with E-state index in [-0.39, 0.29) is 5.82 Å². The smallest absolute Gasteiger partial charge is 0.329 e. The zero-order chi connectivity index (χ0) is 24.6. The predicted molar refractivity (Wildman–Crippen MR) is 131 cm³/mol. The van der Waals surface area contributed by atoms with Gasteiger partial charge in [0.1, 0.15) is 17.3 Å². The van der Waals surface area contributed by atoms with E-state index in [9.17, 15) is 14.0 Å². The summed E-state index contributed by atoms with van der Waals surface area (Å²) < 4.78 is 20.4. The van der Waals surface area contributed by atoms with Gasteiger partial charge in [0.2, 0.25) is 0 Å². The Hall–Kier alpha value is -4.79. The number of hydrogen-bond acceptors (Lipinski definition) is 5. The van der Waals surface area contributed by atoms with Gasteiger partial charge in [-0.25, -0.2) is 14.5 Å². The lowest BCUT2D eigenvalue weighted by atomic mass is 10.1. The van der Waals surface area contributed by atoms with E-state index in [1.165, 1.54) is 18.3 Å². The van der Waals surface area contributed by atoms with E-state index in [0.29, 0.717) is 34.9 Å². The van der Waals surface area contributed by atoms with E-state index in [4.69, 9.17) is 4.74 Å². The second-order valence-corrected chi connectivity index (χ2v) is 7.33. The lowest BCUT2D eigenvalue weighted by Crippen LogP contribution is -2.32. The molecular weight excluding hydrogens is 449 g/mol. The minimum atomic E-state index is -0.936. The molecule has 1 heterocycles. The number of hydrogen-bond donors (Lipinski definition) is 2. The van der Waals surface area contributed by atoms with Crippen LogP contribution in [-0.4, -0.2) is 34.4 Å². The minimum absolute atomic E-state index is 0.364. The monoisotopic (exact) mass is 471 g/mol. The first-order valence-corrected chi connectivity index (χ1v) is 10.8. The summed E-state index contributed by atoms with van der Waals surface area (Å²) in [5.41, 5.74) is 5.24. The SMILES string of the molecule is CCOc1ccc(NC(=O)C(=O)NN=Cc2cn(-c3ccccc3)nc2-c2ccc(F)cc2)cc1. The molecule has 4 aromatic rings. The topological polar surface area (TPSA) is 97.6 Å². The molecule has 35 heavy (non-hydrogen) atoms. The highest BCUT2D eigenvalue weighted by Crippen LogP contribution is 2.23. The van der Waals surface area contributed by atoms with Crippen molar-refractivity contribution in [2.75, 3.05) is 11.9 Å². The Morgan fingerprint density at radius 2 is 1.71 bits per heavy atom. The van der Waals surface area contributed by atoms with Crippen molar-refractivity contribution in [3.8, 4) is 22.7 Å². The first kappa shape index (κ1) is 23.4. The molecule has 3 aromatic carbocycles. The van der Waals surface area contributed by atoms with Crippen molar-refractivity contribution in [3.05, 3.63) is 96.4 Å². The quantitative estimate of drug-likeness (QED) is 0.240. The molecule has 4 rings (SSSR count). The molecule has 0 atom stereocenters. The Labute approximate surface area is 201 Å². The number of nitrogens with zero attached hydrogens (tertiary/aromatic N) is 3. The highest BCUT2D eigenvalue weighted by atomic mass is 19.1. The number of hydrazone groups is 1. The van der Waals surface area contributed by atoms with Crippen molar-refractivity contribution < 1.29 is 18.7 Å². The zero-order valence-electron chi connectivity index (χ0n) is 18.8. The highest BCUT2D eigenvalue weighted by molar-refractivity contribution is 6.39. The van der Waals surface area contributed by atoms with E-state index in [2.05, 4.69) is 20.9 Å². The molecule has 0 saturated carbocycles. The Balaban J connectivity index is 1.48. The number of rotatable bonds is 7. The minimum Gasteiger partial charge on any atom is -0.494 e. The van der Waals surface area contributed by atoms with Crippen molar-refractivity contribution in [2.24, 2.45) is 5.10 Å². The van der Waals surface area contributed by atoms with Crippen LogP contribution in [0.1, 0.15) is 12.5 Å². The first-order chi connectivity index (χ1) is 17.0. The van der Waals surface area contributed by atoms with Crippen LogP contribution in [0, 0.1) is 5.82 Å². The number of carbonyl (C=O) groups is 2. The second-order valence-electron chi connectivity index (χ2n) is 7.33. The van der Waals surface area contributed by atoms with Crippen molar-refractivity contribution in [1.82, 2.24) is 15.2 Å². The number of anilines is 1. The third-order valence-corrected chi connectivity index (χ3v) is 4.88. The summed E-state index contributed by atoms with van der Waals surface area (Å²) in [6.45, 7) is 2.40. The van der Waals surface area contributed by atoms with Gasteiger partial charge in [-0.05, 0) is 67.6 Å². The molecular formula is C26H22FN5O3. The molecule has 0 radical (unpaired) electrons. The summed E-state index contributed by atoms with van der Waals surface area (Å²) in [7, 11) is 0. The molecule has 0 aliphatic heterocycles. The summed E-state index contributed by atoms with van der Waals surface area (Å²) in [4.78, 5) is 24.4. The van der Waals surface area contributed by atoms with Gasteiger partial charge in [-0.1, -0.05) is 18.2 Å². The van der Waals surface area contributed by atoms with Crippen molar-refractivity contribution >= 4 is 23.7 Å². The van der Waals surface area contributed by atoms with E-state index < -0.39 is 11.8 Å². The van der Waals surface area contributed by atoms with E-state index in [1.807, 2.05) is 37.3 Å². The number of para-hydroxylation sites is 1. The van der Waals surface area contributed by atoms with Gasteiger partial charge in [-0.15, -0.1) is 0 Å². The number of nitrogens with one attached hydrogen (secondary N) is 2. The van der Waals surface area contributed by atoms with Crippen LogP contribution in [0.3, 0.4) is 0 Å². The molecule has 176 valence electrons. The van der Waals surface area contributed by atoms with Crippen LogP contribution in [0.15, 0.2) is 90.2 Å². The molecule has 0 unspecified atom stereocenters. The largest absolute Gasteiger partial charge is 0.494 e. The number of benzene rings is 3. The zero-order valence-corrected chi connectivity index (χ0v) is 18.8. The predicted octanol–water partition coefficient (Wildman–Crippen LogP) is 4.17. The molecule has 8 nitrogen and oxygen atoms in total. The molecule has 2 amide bonds. The highest BCUT2D eigenvalue weighted by Gasteiger charge is 2.14. The maximum absolute atomic E-state index is 13.4. The van der Waals surface area contributed by atoms with Crippen molar-refractivity contribution in [2.45, 2.75) is 6.92 Å². The average Bonchev–Trinajstić information content (AvgIpc) is 3.30. The standard InChI is InChI=1S/C26H22FN5O3/c1-2-35-23-14-12-21(13-15-23)29-25(33)26(34)30-28-16-19-17-32(22-6-4-3-5-7-22)31-24(19)18-8-10-20(27)11-9-18/h3-17H,2H2,1H3,(H,29,33)(H,30,34). The number of carbonyl (C=O) groups excluding carboxylic acids is 2. The van der Waals surface area contributed by atoms with Gasteiger partial charge in [0.05, 0.1) is 18.5 Å². The van der Waals surface area contributed by atoms with Crippen LogP contribution in [0.25, 0.3) is 16.9 Å². The van der Waals surface area contributed by atoms with Crippen LogP contribution in [-0.2, 0) is 9.59 Å². The summed E-state index contributed by atoms with van der Waals surface area (Å²) in [5.74, 6) is -1.51. The number of ether oxygens (including phenoxy) is 1. The third kappa shape index (κ3) is 5.97. The average molecular weight is 471 g/mol. The van der Waals surface area contributed by atoms with Gasteiger partial charge in [-0.2, -0.15) is 10.2 Å². The molecule has 0 aliphatic rings. The number of aromatic nitrogens is 2. The number of amides is 2. The van der Waals surface area contributed by atoms with Crippen LogP contribution in [0.2, 0.25) is 0 Å². The van der Waals surface area contributed by atoms with Gasteiger partial charge in [0.25, 0.3) is 0 Å². The fraction of sp³-hybridized carbons (Fsp3) is 0.0769.